The molecule has 36 heavy (non-hydrogen) atoms. The molecule has 0 saturated carbocycles. The predicted octanol–water partition coefficient (Wildman–Crippen LogP) is 5.19. The largest absolute Gasteiger partial charge is 0.508 e. The van der Waals surface area contributed by atoms with E-state index in [1.165, 1.54) is 36.2 Å². The van der Waals surface area contributed by atoms with Crippen LogP contribution in [0, 0.1) is 11.8 Å². The number of phenols is 1. The number of aromatic hydroxyl groups is 1. The Labute approximate surface area is 216 Å². The van der Waals surface area contributed by atoms with Gasteiger partial charge in [0, 0.05) is 19.1 Å². The molecule has 192 valence electrons. The van der Waals surface area contributed by atoms with Crippen molar-refractivity contribution in [2.45, 2.75) is 45.2 Å². The van der Waals surface area contributed by atoms with Crippen molar-refractivity contribution in [3.63, 3.8) is 0 Å². The van der Waals surface area contributed by atoms with Crippen LogP contribution >= 0.6 is 0 Å². The van der Waals surface area contributed by atoms with E-state index in [9.17, 15) is 5.11 Å². The van der Waals surface area contributed by atoms with Crippen molar-refractivity contribution in [2.24, 2.45) is 11.8 Å². The SMILES string of the molecule is CCN(Cc1ccc(OCCN2CCC2)cc1)C1C=C(OC)C=CC1[C@@H]1CCc2cc(O)ccc2C1. The fraction of sp³-hybridized carbons (Fsp3) is 0.484. The number of likely N-dealkylation sites (N-methyl/N-ethyl adjacent to an activating group) is 1. The fourth-order valence-corrected chi connectivity index (χ4v) is 5.93. The second-order valence-corrected chi connectivity index (χ2v) is 10.4. The minimum atomic E-state index is 0.283. The third-order valence-electron chi connectivity index (χ3n) is 8.21. The van der Waals surface area contributed by atoms with Crippen LogP contribution in [-0.4, -0.2) is 60.8 Å². The lowest BCUT2D eigenvalue weighted by Crippen LogP contribution is -2.43. The van der Waals surface area contributed by atoms with Gasteiger partial charge in [-0.15, -0.1) is 0 Å². The maximum atomic E-state index is 9.89. The molecule has 1 heterocycles. The first kappa shape index (κ1) is 24.9. The number of hydrogen-bond acceptors (Lipinski definition) is 5. The van der Waals surface area contributed by atoms with Crippen LogP contribution in [0.3, 0.4) is 0 Å². The summed E-state index contributed by atoms with van der Waals surface area (Å²) in [6.45, 7) is 8.31. The molecule has 3 atom stereocenters. The molecule has 0 radical (unpaired) electrons. The Morgan fingerprint density at radius 2 is 1.92 bits per heavy atom. The summed E-state index contributed by atoms with van der Waals surface area (Å²) in [5, 5.41) is 9.89. The molecule has 1 aliphatic heterocycles. The van der Waals surface area contributed by atoms with Gasteiger partial charge >= 0.3 is 0 Å². The maximum absolute atomic E-state index is 9.89. The number of methoxy groups -OCH3 is 1. The van der Waals surface area contributed by atoms with Crippen molar-refractivity contribution >= 4 is 0 Å². The molecule has 3 aliphatic rings. The minimum Gasteiger partial charge on any atom is -0.508 e. The van der Waals surface area contributed by atoms with E-state index < -0.39 is 0 Å². The summed E-state index contributed by atoms with van der Waals surface area (Å²) in [6.07, 6.45) is 11.4. The Hall–Kier alpha value is -2.76. The van der Waals surface area contributed by atoms with Crippen LogP contribution in [0.15, 0.2) is 66.5 Å². The van der Waals surface area contributed by atoms with Gasteiger partial charge in [-0.05, 0) is 110 Å². The zero-order valence-electron chi connectivity index (χ0n) is 21.7. The highest BCUT2D eigenvalue weighted by Gasteiger charge is 2.34. The van der Waals surface area contributed by atoms with Crippen LogP contribution in [0.5, 0.6) is 11.5 Å². The molecule has 2 aromatic carbocycles. The molecule has 2 aliphatic carbocycles. The van der Waals surface area contributed by atoms with Gasteiger partial charge in [-0.2, -0.15) is 0 Å². The lowest BCUT2D eigenvalue weighted by molar-refractivity contribution is 0.146. The summed E-state index contributed by atoms with van der Waals surface area (Å²) < 4.78 is 11.6. The summed E-state index contributed by atoms with van der Waals surface area (Å²) in [4.78, 5) is 5.00. The second-order valence-electron chi connectivity index (χ2n) is 10.4. The molecule has 1 saturated heterocycles. The second kappa shape index (κ2) is 11.5. The van der Waals surface area contributed by atoms with Crippen molar-refractivity contribution in [3.8, 4) is 11.5 Å². The van der Waals surface area contributed by atoms with Gasteiger partial charge in [0.05, 0.1) is 7.11 Å². The quantitative estimate of drug-likeness (QED) is 0.499. The van der Waals surface area contributed by atoms with Crippen LogP contribution in [0.4, 0.5) is 0 Å². The van der Waals surface area contributed by atoms with Crippen LogP contribution in [-0.2, 0) is 24.1 Å². The highest BCUT2D eigenvalue weighted by Crippen LogP contribution is 2.38. The van der Waals surface area contributed by atoms with E-state index in [1.807, 2.05) is 12.1 Å². The summed E-state index contributed by atoms with van der Waals surface area (Å²) in [5.41, 5.74) is 3.98. The minimum absolute atomic E-state index is 0.283. The normalized spacial score (nSPS) is 23.6. The number of phenolic OH excluding ortho intramolecular Hbond substituents is 1. The van der Waals surface area contributed by atoms with Crippen molar-refractivity contribution in [1.29, 1.82) is 0 Å². The van der Waals surface area contributed by atoms with Crippen LogP contribution in [0.2, 0.25) is 0 Å². The first-order valence-corrected chi connectivity index (χ1v) is 13.6. The van der Waals surface area contributed by atoms with Gasteiger partial charge in [-0.25, -0.2) is 0 Å². The van der Waals surface area contributed by atoms with Crippen LogP contribution < -0.4 is 4.74 Å². The molecule has 1 N–H and O–H groups in total. The van der Waals surface area contributed by atoms with E-state index in [-0.39, 0.29) is 6.04 Å². The topological polar surface area (TPSA) is 45.2 Å². The van der Waals surface area contributed by atoms with E-state index in [4.69, 9.17) is 9.47 Å². The lowest BCUT2D eigenvalue weighted by Gasteiger charge is -2.41. The number of allylic oxidation sites excluding steroid dienone is 1. The monoisotopic (exact) mass is 488 g/mol. The molecule has 0 spiro atoms. The number of likely N-dealkylation sites (tertiary alicyclic amines) is 1. The Bertz CT molecular complexity index is 1070. The maximum Gasteiger partial charge on any atom is 0.119 e. The smallest absolute Gasteiger partial charge is 0.119 e. The Kier molecular flexibility index (Phi) is 7.98. The van der Waals surface area contributed by atoms with Crippen molar-refractivity contribution in [3.05, 3.63) is 83.1 Å². The standard InChI is InChI=1S/C31H40N2O3/c1-3-33(22-23-5-11-28(12-6-23)36-18-17-32-15-4-16-32)31-21-29(35-2)13-14-30(31)26-8-7-25-20-27(34)10-9-24(25)19-26/h5-6,9-14,20-21,26,30-31,34H,3-4,7-8,15-19,22H2,1-2H3/t26-,30?,31?/m1/s1. The first-order valence-electron chi connectivity index (χ1n) is 13.6. The molecule has 0 amide bonds. The number of rotatable bonds is 10. The number of aryl methyl sites for hydroxylation is 1. The first-order chi connectivity index (χ1) is 17.6. The number of ether oxygens (including phenoxy) is 2. The average Bonchev–Trinajstić information content (AvgIpc) is 2.89. The summed E-state index contributed by atoms with van der Waals surface area (Å²) in [6, 6.07) is 14.8. The lowest BCUT2D eigenvalue weighted by atomic mass is 9.72. The molecule has 1 fully saturated rings. The summed E-state index contributed by atoms with van der Waals surface area (Å²) in [7, 11) is 1.76. The molecule has 5 nitrogen and oxygen atoms in total. The van der Waals surface area contributed by atoms with E-state index >= 15 is 0 Å². The highest BCUT2D eigenvalue weighted by atomic mass is 16.5. The average molecular weight is 489 g/mol. The molecule has 0 aromatic heterocycles. The van der Waals surface area contributed by atoms with Gasteiger partial charge in [0.25, 0.3) is 0 Å². The number of fused-ring (bicyclic) bond motifs is 1. The van der Waals surface area contributed by atoms with E-state index in [2.05, 4.69) is 65.3 Å². The fourth-order valence-electron chi connectivity index (χ4n) is 5.93. The van der Waals surface area contributed by atoms with E-state index in [0.29, 0.717) is 17.6 Å². The molecule has 0 bridgehead atoms. The van der Waals surface area contributed by atoms with Gasteiger partial charge in [0.2, 0.25) is 0 Å². The number of benzene rings is 2. The van der Waals surface area contributed by atoms with Gasteiger partial charge in [0.15, 0.2) is 0 Å². The van der Waals surface area contributed by atoms with Crippen molar-refractivity contribution in [2.75, 3.05) is 39.9 Å². The van der Waals surface area contributed by atoms with Gasteiger partial charge in [0.1, 0.15) is 23.9 Å². The zero-order chi connectivity index (χ0) is 24.9. The van der Waals surface area contributed by atoms with E-state index in [0.717, 1.165) is 57.0 Å². The Morgan fingerprint density at radius 1 is 1.08 bits per heavy atom. The predicted molar refractivity (Wildman–Crippen MR) is 144 cm³/mol. The molecule has 5 heteroatoms. The van der Waals surface area contributed by atoms with Crippen LogP contribution in [0.25, 0.3) is 0 Å². The third-order valence-corrected chi connectivity index (χ3v) is 8.21. The van der Waals surface area contributed by atoms with Crippen molar-refractivity contribution < 1.29 is 14.6 Å². The molecule has 5 rings (SSSR count). The van der Waals surface area contributed by atoms with E-state index in [1.54, 1.807) is 7.11 Å². The molecular weight excluding hydrogens is 448 g/mol. The molecule has 2 unspecified atom stereocenters. The highest BCUT2D eigenvalue weighted by molar-refractivity contribution is 5.37. The van der Waals surface area contributed by atoms with Crippen molar-refractivity contribution in [1.82, 2.24) is 9.80 Å². The molecular formula is C31H40N2O3. The summed E-state index contributed by atoms with van der Waals surface area (Å²) >= 11 is 0. The van der Waals surface area contributed by atoms with Crippen LogP contribution in [0.1, 0.15) is 36.5 Å². The third kappa shape index (κ3) is 5.79. The molecule has 2 aromatic rings. The van der Waals surface area contributed by atoms with Gasteiger partial charge < -0.3 is 14.6 Å². The van der Waals surface area contributed by atoms with Gasteiger partial charge in [-0.1, -0.05) is 31.2 Å². The Morgan fingerprint density at radius 3 is 2.64 bits per heavy atom. The Balaban J connectivity index is 1.26. The number of nitrogens with zero attached hydrogens (tertiary/aromatic N) is 2. The van der Waals surface area contributed by atoms with Gasteiger partial charge in [-0.3, -0.25) is 9.80 Å². The number of hydrogen-bond donors (Lipinski definition) is 1. The zero-order valence-corrected chi connectivity index (χ0v) is 21.7. The summed E-state index contributed by atoms with van der Waals surface area (Å²) in [5.74, 6) is 3.26.